The van der Waals surface area contributed by atoms with Gasteiger partial charge in [0.2, 0.25) is 0 Å². The summed E-state index contributed by atoms with van der Waals surface area (Å²) in [5.41, 5.74) is 2.16. The van der Waals surface area contributed by atoms with Crippen molar-refractivity contribution < 1.29 is 0 Å². The third kappa shape index (κ3) is 2.19. The number of hydrogen-bond acceptors (Lipinski definition) is 3. The second kappa shape index (κ2) is 4.29. The van der Waals surface area contributed by atoms with Gasteiger partial charge < -0.3 is 0 Å². The van der Waals surface area contributed by atoms with Crippen LogP contribution in [-0.4, -0.2) is 9.97 Å². The molecule has 15 heavy (non-hydrogen) atoms. The Kier molecular flexibility index (Phi) is 3.03. The van der Waals surface area contributed by atoms with Crippen molar-refractivity contribution in [3.63, 3.8) is 0 Å². The fraction of sp³-hybridized carbons (Fsp3) is 0.273. The molecule has 2 aromatic rings. The molecule has 0 bridgehead atoms. The van der Waals surface area contributed by atoms with E-state index < -0.39 is 0 Å². The van der Waals surface area contributed by atoms with Gasteiger partial charge in [0.15, 0.2) is 0 Å². The maximum Gasteiger partial charge on any atom is 0.116 e. The molecule has 0 unspecified atom stereocenters. The summed E-state index contributed by atoms with van der Waals surface area (Å²) in [6, 6.07) is 3.90. The molecule has 0 aromatic carbocycles. The lowest BCUT2D eigenvalue weighted by Crippen LogP contribution is -1.95. The van der Waals surface area contributed by atoms with Gasteiger partial charge in [-0.1, -0.05) is 25.4 Å². The van der Waals surface area contributed by atoms with E-state index in [1.54, 1.807) is 17.7 Å². The Balaban J connectivity index is 2.52. The van der Waals surface area contributed by atoms with Crippen LogP contribution in [-0.2, 0) is 0 Å². The minimum absolute atomic E-state index is 0.419. The molecule has 2 nitrogen and oxygen atoms in total. The molecule has 2 heterocycles. The van der Waals surface area contributed by atoms with Crippen LogP contribution in [0.15, 0.2) is 24.7 Å². The molecule has 0 radical (unpaired) electrons. The van der Waals surface area contributed by atoms with Crippen LogP contribution in [0.3, 0.4) is 0 Å². The Morgan fingerprint density at radius 3 is 2.73 bits per heavy atom. The standard InChI is InChI=1S/C11H11ClN2S/c1-7(2)8-5-13-6-14-11(8)9-3-4-10(12)15-9/h3-7H,1-2H3. The van der Waals surface area contributed by atoms with Crippen molar-refractivity contribution in [3.05, 3.63) is 34.6 Å². The van der Waals surface area contributed by atoms with Gasteiger partial charge in [-0.3, -0.25) is 0 Å². The fourth-order valence-electron chi connectivity index (χ4n) is 1.41. The Bertz CT molecular complexity index is 465. The summed E-state index contributed by atoms with van der Waals surface area (Å²) >= 11 is 7.46. The van der Waals surface area contributed by atoms with Crippen molar-refractivity contribution in [1.29, 1.82) is 0 Å². The lowest BCUT2D eigenvalue weighted by atomic mass is 10.0. The van der Waals surface area contributed by atoms with E-state index in [0.29, 0.717) is 5.92 Å². The number of aromatic nitrogens is 2. The summed E-state index contributed by atoms with van der Waals surface area (Å²) in [6.07, 6.45) is 3.45. The Hall–Kier alpha value is -0.930. The molecule has 2 aromatic heterocycles. The number of thiophene rings is 1. The number of rotatable bonds is 2. The van der Waals surface area contributed by atoms with E-state index in [2.05, 4.69) is 23.8 Å². The average molecular weight is 239 g/mol. The van der Waals surface area contributed by atoms with Crippen molar-refractivity contribution in [2.24, 2.45) is 0 Å². The third-order valence-electron chi connectivity index (χ3n) is 2.17. The first-order valence-electron chi connectivity index (χ1n) is 4.74. The number of halogens is 1. The zero-order valence-corrected chi connectivity index (χ0v) is 10.1. The van der Waals surface area contributed by atoms with Gasteiger partial charge in [-0.05, 0) is 18.1 Å². The van der Waals surface area contributed by atoms with E-state index in [1.807, 2.05) is 18.3 Å². The Morgan fingerprint density at radius 1 is 1.33 bits per heavy atom. The maximum atomic E-state index is 5.92. The minimum Gasteiger partial charge on any atom is -0.244 e. The van der Waals surface area contributed by atoms with Gasteiger partial charge in [0, 0.05) is 11.8 Å². The van der Waals surface area contributed by atoms with E-state index in [9.17, 15) is 0 Å². The lowest BCUT2D eigenvalue weighted by Gasteiger charge is -2.08. The van der Waals surface area contributed by atoms with Crippen LogP contribution in [0.1, 0.15) is 25.3 Å². The molecule has 78 valence electrons. The normalized spacial score (nSPS) is 10.9. The molecule has 2 rings (SSSR count). The largest absolute Gasteiger partial charge is 0.244 e. The van der Waals surface area contributed by atoms with Crippen LogP contribution in [0, 0.1) is 0 Å². The van der Waals surface area contributed by atoms with Crippen molar-refractivity contribution in [3.8, 4) is 10.6 Å². The highest BCUT2D eigenvalue weighted by atomic mass is 35.5. The summed E-state index contributed by atoms with van der Waals surface area (Å²) in [5.74, 6) is 0.419. The van der Waals surface area contributed by atoms with Crippen molar-refractivity contribution in [1.82, 2.24) is 9.97 Å². The first kappa shape index (κ1) is 10.6. The van der Waals surface area contributed by atoms with Crippen LogP contribution in [0.25, 0.3) is 10.6 Å². The molecular weight excluding hydrogens is 228 g/mol. The topological polar surface area (TPSA) is 25.8 Å². The number of nitrogens with zero attached hydrogens (tertiary/aromatic N) is 2. The second-order valence-electron chi connectivity index (χ2n) is 3.59. The monoisotopic (exact) mass is 238 g/mol. The summed E-state index contributed by atoms with van der Waals surface area (Å²) in [4.78, 5) is 9.49. The highest BCUT2D eigenvalue weighted by molar-refractivity contribution is 7.19. The number of hydrogen-bond donors (Lipinski definition) is 0. The van der Waals surface area contributed by atoms with Crippen molar-refractivity contribution in [2.45, 2.75) is 19.8 Å². The Labute approximate surface area is 98.0 Å². The van der Waals surface area contributed by atoms with Gasteiger partial charge >= 0.3 is 0 Å². The van der Waals surface area contributed by atoms with E-state index >= 15 is 0 Å². The molecule has 4 heteroatoms. The van der Waals surface area contributed by atoms with Crippen LogP contribution in [0.5, 0.6) is 0 Å². The summed E-state index contributed by atoms with van der Waals surface area (Å²) in [7, 11) is 0. The van der Waals surface area contributed by atoms with Gasteiger partial charge in [-0.2, -0.15) is 0 Å². The van der Waals surface area contributed by atoms with E-state index in [4.69, 9.17) is 11.6 Å². The van der Waals surface area contributed by atoms with Gasteiger partial charge in [0.25, 0.3) is 0 Å². The average Bonchev–Trinajstić information content (AvgIpc) is 2.65. The first-order valence-corrected chi connectivity index (χ1v) is 5.93. The van der Waals surface area contributed by atoms with Gasteiger partial charge in [-0.25, -0.2) is 9.97 Å². The molecule has 0 aliphatic rings. The lowest BCUT2D eigenvalue weighted by molar-refractivity contribution is 0.850. The zero-order valence-electron chi connectivity index (χ0n) is 8.57. The molecule has 0 N–H and O–H groups in total. The third-order valence-corrected chi connectivity index (χ3v) is 3.41. The fourth-order valence-corrected chi connectivity index (χ4v) is 2.47. The van der Waals surface area contributed by atoms with E-state index in [-0.39, 0.29) is 0 Å². The molecule has 0 aliphatic carbocycles. The van der Waals surface area contributed by atoms with E-state index in [1.165, 1.54) is 0 Å². The molecule has 0 saturated heterocycles. The predicted octanol–water partition coefficient (Wildman–Crippen LogP) is 3.98. The highest BCUT2D eigenvalue weighted by Gasteiger charge is 2.11. The smallest absolute Gasteiger partial charge is 0.116 e. The van der Waals surface area contributed by atoms with Crippen LogP contribution in [0.4, 0.5) is 0 Å². The van der Waals surface area contributed by atoms with Gasteiger partial charge in [-0.15, -0.1) is 11.3 Å². The first-order chi connectivity index (χ1) is 7.18. The van der Waals surface area contributed by atoms with E-state index in [0.717, 1.165) is 20.5 Å². The van der Waals surface area contributed by atoms with Gasteiger partial charge in [0.05, 0.1) is 14.9 Å². The Morgan fingerprint density at radius 2 is 2.13 bits per heavy atom. The summed E-state index contributed by atoms with van der Waals surface area (Å²) in [6.45, 7) is 4.27. The molecule has 0 spiro atoms. The molecule has 0 fully saturated rings. The highest BCUT2D eigenvalue weighted by Crippen LogP contribution is 2.33. The zero-order chi connectivity index (χ0) is 10.8. The molecular formula is C11H11ClN2S. The minimum atomic E-state index is 0.419. The maximum absolute atomic E-state index is 5.92. The molecule has 0 amide bonds. The van der Waals surface area contributed by atoms with Crippen molar-refractivity contribution in [2.75, 3.05) is 0 Å². The molecule has 0 saturated carbocycles. The second-order valence-corrected chi connectivity index (χ2v) is 5.30. The summed E-state index contributed by atoms with van der Waals surface area (Å²) in [5, 5.41) is 0. The molecule has 0 atom stereocenters. The summed E-state index contributed by atoms with van der Waals surface area (Å²) < 4.78 is 0.790. The SMILES string of the molecule is CC(C)c1cncnc1-c1ccc(Cl)s1. The molecule has 0 aliphatic heterocycles. The van der Waals surface area contributed by atoms with Crippen molar-refractivity contribution >= 4 is 22.9 Å². The predicted molar refractivity (Wildman–Crippen MR) is 64.4 cm³/mol. The quantitative estimate of drug-likeness (QED) is 0.791. The van der Waals surface area contributed by atoms with Crippen LogP contribution < -0.4 is 0 Å². The van der Waals surface area contributed by atoms with Crippen LogP contribution >= 0.6 is 22.9 Å². The van der Waals surface area contributed by atoms with Gasteiger partial charge in [0.1, 0.15) is 6.33 Å². The van der Waals surface area contributed by atoms with Crippen LogP contribution in [0.2, 0.25) is 4.34 Å².